The zero-order valence-electron chi connectivity index (χ0n) is 17.5. The summed E-state index contributed by atoms with van der Waals surface area (Å²) in [6.07, 6.45) is 2.25. The van der Waals surface area contributed by atoms with Crippen molar-refractivity contribution >= 4 is 15.6 Å². The standard InChI is InChI=1S/C23H26O7S/c1-23(21(24)12-13-22(30-23)29-17-16-28-15-14-27-2)18-8-10-20(11-9-18)31(25,26)19-6-4-3-5-7-19/h3-13,22H,14-17H2,1-2H3/t22-,23+/m0/s1. The predicted molar refractivity (Wildman–Crippen MR) is 113 cm³/mol. The van der Waals surface area contributed by atoms with Crippen LogP contribution in [0.15, 0.2) is 76.5 Å². The summed E-state index contributed by atoms with van der Waals surface area (Å²) >= 11 is 0. The van der Waals surface area contributed by atoms with E-state index in [1.807, 2.05) is 0 Å². The molecule has 0 aliphatic carbocycles. The average Bonchev–Trinajstić information content (AvgIpc) is 2.79. The van der Waals surface area contributed by atoms with Gasteiger partial charge in [-0.15, -0.1) is 0 Å². The van der Waals surface area contributed by atoms with Crippen LogP contribution in [0.1, 0.15) is 12.5 Å². The van der Waals surface area contributed by atoms with Gasteiger partial charge in [-0.05, 0) is 48.9 Å². The van der Waals surface area contributed by atoms with E-state index in [1.54, 1.807) is 62.6 Å². The molecule has 2 atom stereocenters. The number of ketones is 1. The van der Waals surface area contributed by atoms with E-state index in [-0.39, 0.29) is 22.2 Å². The molecule has 0 spiro atoms. The summed E-state index contributed by atoms with van der Waals surface area (Å²) in [6, 6.07) is 14.4. The van der Waals surface area contributed by atoms with Crippen LogP contribution in [0.5, 0.6) is 0 Å². The Bertz CT molecular complexity index is 1000. The molecule has 7 nitrogen and oxygen atoms in total. The third-order valence-corrected chi connectivity index (χ3v) is 6.72. The quantitative estimate of drug-likeness (QED) is 0.519. The Labute approximate surface area is 182 Å². The summed E-state index contributed by atoms with van der Waals surface area (Å²) in [5.74, 6) is -0.248. The lowest BCUT2D eigenvalue weighted by Gasteiger charge is -2.34. The number of carbonyl (C=O) groups excluding carboxylic acids is 1. The van der Waals surface area contributed by atoms with Gasteiger partial charge < -0.3 is 18.9 Å². The van der Waals surface area contributed by atoms with Gasteiger partial charge in [-0.3, -0.25) is 4.79 Å². The van der Waals surface area contributed by atoms with Gasteiger partial charge in [0.25, 0.3) is 0 Å². The Morgan fingerprint density at radius 3 is 2.26 bits per heavy atom. The van der Waals surface area contributed by atoms with E-state index in [1.165, 1.54) is 18.2 Å². The minimum Gasteiger partial charge on any atom is -0.382 e. The predicted octanol–water partition coefficient (Wildman–Crippen LogP) is 2.90. The van der Waals surface area contributed by atoms with Gasteiger partial charge in [0.15, 0.2) is 17.7 Å². The third kappa shape index (κ3) is 5.47. The highest BCUT2D eigenvalue weighted by atomic mass is 32.2. The lowest BCUT2D eigenvalue weighted by atomic mass is 9.89. The van der Waals surface area contributed by atoms with Gasteiger partial charge >= 0.3 is 0 Å². The molecule has 0 unspecified atom stereocenters. The maximum atomic E-state index is 12.8. The second-order valence-corrected chi connectivity index (χ2v) is 9.01. The second-order valence-electron chi connectivity index (χ2n) is 7.06. The summed E-state index contributed by atoms with van der Waals surface area (Å²) in [5.41, 5.74) is -0.746. The molecule has 0 saturated heterocycles. The highest BCUT2D eigenvalue weighted by molar-refractivity contribution is 7.91. The summed E-state index contributed by atoms with van der Waals surface area (Å²) in [4.78, 5) is 12.9. The molecule has 31 heavy (non-hydrogen) atoms. The molecule has 0 aromatic heterocycles. The molecule has 2 aromatic carbocycles. The van der Waals surface area contributed by atoms with E-state index in [0.717, 1.165) is 0 Å². The molecule has 8 heteroatoms. The number of carbonyl (C=O) groups is 1. The van der Waals surface area contributed by atoms with Gasteiger partial charge in [0, 0.05) is 7.11 Å². The van der Waals surface area contributed by atoms with Crippen molar-refractivity contribution in [1.82, 2.24) is 0 Å². The van der Waals surface area contributed by atoms with Gasteiger partial charge in [-0.1, -0.05) is 30.3 Å². The van der Waals surface area contributed by atoms with Crippen molar-refractivity contribution in [3.63, 3.8) is 0 Å². The summed E-state index contributed by atoms with van der Waals surface area (Å²) in [5, 5.41) is 0. The first-order valence-corrected chi connectivity index (χ1v) is 11.4. The van der Waals surface area contributed by atoms with Crippen LogP contribution in [0.25, 0.3) is 0 Å². The molecule has 2 aromatic rings. The van der Waals surface area contributed by atoms with Crippen molar-refractivity contribution in [2.45, 2.75) is 28.6 Å². The van der Waals surface area contributed by atoms with Gasteiger partial charge in [0.05, 0.1) is 36.2 Å². The van der Waals surface area contributed by atoms with Crippen LogP contribution in [0.3, 0.4) is 0 Å². The first-order chi connectivity index (χ1) is 14.9. The highest BCUT2D eigenvalue weighted by Gasteiger charge is 2.40. The van der Waals surface area contributed by atoms with E-state index in [4.69, 9.17) is 18.9 Å². The molecule has 1 aliphatic heterocycles. The van der Waals surface area contributed by atoms with E-state index in [9.17, 15) is 13.2 Å². The fourth-order valence-electron chi connectivity index (χ4n) is 3.11. The zero-order valence-corrected chi connectivity index (χ0v) is 18.3. The number of ether oxygens (including phenoxy) is 4. The third-order valence-electron chi connectivity index (χ3n) is 4.94. The lowest BCUT2D eigenvalue weighted by Crippen LogP contribution is -2.42. The highest BCUT2D eigenvalue weighted by Crippen LogP contribution is 2.33. The molecule has 0 bridgehead atoms. The minimum atomic E-state index is -3.64. The summed E-state index contributed by atoms with van der Waals surface area (Å²) in [6.45, 7) is 3.27. The molecule has 3 rings (SSSR count). The van der Waals surface area contributed by atoms with E-state index in [0.29, 0.717) is 25.4 Å². The zero-order chi connectivity index (χ0) is 22.3. The monoisotopic (exact) mass is 446 g/mol. The Balaban J connectivity index is 1.69. The number of hydrogen-bond acceptors (Lipinski definition) is 7. The number of methoxy groups -OCH3 is 1. The van der Waals surface area contributed by atoms with E-state index < -0.39 is 21.7 Å². The molecular formula is C23H26O7S. The van der Waals surface area contributed by atoms with Crippen molar-refractivity contribution in [3.8, 4) is 0 Å². The van der Waals surface area contributed by atoms with Crippen LogP contribution in [0.4, 0.5) is 0 Å². The van der Waals surface area contributed by atoms with Gasteiger partial charge in [0.1, 0.15) is 0 Å². The molecule has 1 aliphatic rings. The maximum absolute atomic E-state index is 12.8. The maximum Gasteiger partial charge on any atom is 0.206 e. The first-order valence-electron chi connectivity index (χ1n) is 9.87. The van der Waals surface area contributed by atoms with Crippen LogP contribution in [-0.2, 0) is 39.2 Å². The Morgan fingerprint density at radius 1 is 0.935 bits per heavy atom. The van der Waals surface area contributed by atoms with Crippen molar-refractivity contribution < 1.29 is 32.2 Å². The van der Waals surface area contributed by atoms with Crippen molar-refractivity contribution in [3.05, 3.63) is 72.3 Å². The SMILES string of the molecule is COCCOCCO[C@@H]1C=CC(=O)[C@@](C)(c2ccc(S(=O)(=O)c3ccccc3)cc2)O1. The van der Waals surface area contributed by atoms with Crippen LogP contribution in [0, 0.1) is 0 Å². The lowest BCUT2D eigenvalue weighted by molar-refractivity contribution is -0.197. The van der Waals surface area contributed by atoms with Gasteiger partial charge in [-0.25, -0.2) is 8.42 Å². The molecule has 0 saturated carbocycles. The molecule has 166 valence electrons. The normalized spacial score (nSPS) is 21.4. The smallest absolute Gasteiger partial charge is 0.206 e. The molecule has 1 heterocycles. The Hall–Kier alpha value is -2.36. The minimum absolute atomic E-state index is 0.144. The summed E-state index contributed by atoms with van der Waals surface area (Å²) < 4.78 is 47.4. The second kappa shape index (κ2) is 10.3. The van der Waals surface area contributed by atoms with Crippen molar-refractivity contribution in [1.29, 1.82) is 0 Å². The molecule has 0 fully saturated rings. The average molecular weight is 447 g/mol. The fourth-order valence-corrected chi connectivity index (χ4v) is 4.39. The Kier molecular flexibility index (Phi) is 7.74. The molecule has 0 radical (unpaired) electrons. The number of sulfone groups is 1. The van der Waals surface area contributed by atoms with Crippen LogP contribution in [-0.4, -0.2) is 54.0 Å². The number of rotatable bonds is 10. The summed E-state index contributed by atoms with van der Waals surface area (Å²) in [7, 11) is -2.04. The van der Waals surface area contributed by atoms with Crippen LogP contribution in [0.2, 0.25) is 0 Å². The van der Waals surface area contributed by atoms with Gasteiger partial charge in [0.2, 0.25) is 9.84 Å². The molecule has 0 amide bonds. The number of benzene rings is 2. The van der Waals surface area contributed by atoms with Crippen LogP contribution >= 0.6 is 0 Å². The van der Waals surface area contributed by atoms with Gasteiger partial charge in [-0.2, -0.15) is 0 Å². The van der Waals surface area contributed by atoms with E-state index >= 15 is 0 Å². The molecule has 0 N–H and O–H groups in total. The van der Waals surface area contributed by atoms with Crippen molar-refractivity contribution in [2.75, 3.05) is 33.5 Å². The fraction of sp³-hybridized carbons (Fsp3) is 0.348. The van der Waals surface area contributed by atoms with Crippen LogP contribution < -0.4 is 0 Å². The molecular weight excluding hydrogens is 420 g/mol. The largest absolute Gasteiger partial charge is 0.382 e. The Morgan fingerprint density at radius 2 is 1.58 bits per heavy atom. The van der Waals surface area contributed by atoms with E-state index in [2.05, 4.69) is 0 Å². The first kappa shape index (κ1) is 23.3. The van der Waals surface area contributed by atoms with Crippen molar-refractivity contribution in [2.24, 2.45) is 0 Å². The topological polar surface area (TPSA) is 88.1 Å². The number of hydrogen-bond donors (Lipinski definition) is 0.